The van der Waals surface area contributed by atoms with Crippen molar-refractivity contribution in [3.8, 4) is 0 Å². The zero-order chi connectivity index (χ0) is 18.4. The Morgan fingerprint density at radius 2 is 1.64 bits per heavy atom. The van der Waals surface area contributed by atoms with Gasteiger partial charge in [-0.1, -0.05) is 51.1 Å². The lowest BCUT2D eigenvalue weighted by Gasteiger charge is -2.22. The second-order valence-electron chi connectivity index (χ2n) is 6.55. The van der Waals surface area contributed by atoms with Crippen molar-refractivity contribution in [1.29, 1.82) is 0 Å². The van der Waals surface area contributed by atoms with E-state index >= 15 is 0 Å². The SMILES string of the molecule is CCc1ccc(NC(=O)[C@@H](NC(=O)c2ccccc2C)C(C)C)cc1. The number of aryl methyl sites for hydroxylation is 2. The Bertz CT molecular complexity index is 736. The van der Waals surface area contributed by atoms with Gasteiger partial charge in [-0.15, -0.1) is 0 Å². The van der Waals surface area contributed by atoms with Crippen LogP contribution in [0, 0.1) is 12.8 Å². The molecule has 0 saturated carbocycles. The van der Waals surface area contributed by atoms with Crippen LogP contribution in [0.15, 0.2) is 48.5 Å². The average molecular weight is 338 g/mol. The number of anilines is 1. The summed E-state index contributed by atoms with van der Waals surface area (Å²) in [7, 11) is 0. The van der Waals surface area contributed by atoms with E-state index in [1.165, 1.54) is 5.56 Å². The molecule has 132 valence electrons. The molecule has 0 aliphatic carbocycles. The number of carbonyl (C=O) groups excluding carboxylic acids is 2. The monoisotopic (exact) mass is 338 g/mol. The summed E-state index contributed by atoms with van der Waals surface area (Å²) < 4.78 is 0. The second kappa shape index (κ2) is 8.47. The van der Waals surface area contributed by atoms with Gasteiger partial charge in [-0.2, -0.15) is 0 Å². The van der Waals surface area contributed by atoms with Gasteiger partial charge in [0, 0.05) is 11.3 Å². The van der Waals surface area contributed by atoms with Crippen molar-refractivity contribution in [3.05, 3.63) is 65.2 Å². The van der Waals surface area contributed by atoms with Gasteiger partial charge in [-0.05, 0) is 48.6 Å². The molecule has 0 aliphatic heterocycles. The Balaban J connectivity index is 2.10. The van der Waals surface area contributed by atoms with E-state index in [-0.39, 0.29) is 17.7 Å². The Labute approximate surface area is 149 Å². The van der Waals surface area contributed by atoms with Crippen molar-refractivity contribution in [3.63, 3.8) is 0 Å². The van der Waals surface area contributed by atoms with Gasteiger partial charge in [0.2, 0.25) is 5.91 Å². The van der Waals surface area contributed by atoms with Crippen LogP contribution >= 0.6 is 0 Å². The van der Waals surface area contributed by atoms with E-state index in [1.54, 1.807) is 6.07 Å². The van der Waals surface area contributed by atoms with Gasteiger partial charge in [0.05, 0.1) is 0 Å². The maximum Gasteiger partial charge on any atom is 0.252 e. The van der Waals surface area contributed by atoms with Crippen molar-refractivity contribution in [2.45, 2.75) is 40.2 Å². The lowest BCUT2D eigenvalue weighted by molar-refractivity contribution is -0.118. The lowest BCUT2D eigenvalue weighted by atomic mass is 10.0. The molecule has 2 aromatic rings. The highest BCUT2D eigenvalue weighted by atomic mass is 16.2. The Hall–Kier alpha value is -2.62. The third-order valence-electron chi connectivity index (χ3n) is 4.26. The minimum Gasteiger partial charge on any atom is -0.340 e. The van der Waals surface area contributed by atoms with Gasteiger partial charge in [0.25, 0.3) is 5.91 Å². The molecule has 2 amide bonds. The van der Waals surface area contributed by atoms with E-state index in [0.717, 1.165) is 17.7 Å². The zero-order valence-corrected chi connectivity index (χ0v) is 15.3. The van der Waals surface area contributed by atoms with Crippen LogP contribution in [0.1, 0.15) is 42.3 Å². The Kier molecular flexibility index (Phi) is 6.34. The molecule has 0 aromatic heterocycles. The topological polar surface area (TPSA) is 58.2 Å². The first kappa shape index (κ1) is 18.7. The maximum atomic E-state index is 12.6. The van der Waals surface area contributed by atoms with Crippen LogP contribution in [0.2, 0.25) is 0 Å². The largest absolute Gasteiger partial charge is 0.340 e. The summed E-state index contributed by atoms with van der Waals surface area (Å²) in [5.74, 6) is -0.461. The number of carbonyl (C=O) groups is 2. The van der Waals surface area contributed by atoms with Gasteiger partial charge in [-0.25, -0.2) is 0 Å². The van der Waals surface area contributed by atoms with Crippen molar-refractivity contribution in [2.75, 3.05) is 5.32 Å². The van der Waals surface area contributed by atoms with E-state index in [1.807, 2.05) is 63.2 Å². The molecule has 0 aliphatic rings. The van der Waals surface area contributed by atoms with Crippen LogP contribution in [0.4, 0.5) is 5.69 Å². The number of amides is 2. The standard InChI is InChI=1S/C21H26N2O2/c1-5-16-10-12-17(13-11-16)22-21(25)19(14(2)3)23-20(24)18-9-7-6-8-15(18)4/h6-14,19H,5H2,1-4H3,(H,22,25)(H,23,24)/t19-/m0/s1. The Morgan fingerprint density at radius 3 is 2.20 bits per heavy atom. The second-order valence-corrected chi connectivity index (χ2v) is 6.55. The fourth-order valence-electron chi connectivity index (χ4n) is 2.63. The van der Waals surface area contributed by atoms with Gasteiger partial charge in [0.15, 0.2) is 0 Å². The molecule has 2 aromatic carbocycles. The van der Waals surface area contributed by atoms with Crippen LogP contribution in [0.25, 0.3) is 0 Å². The summed E-state index contributed by atoms with van der Waals surface area (Å²) in [6, 6.07) is 14.5. The molecule has 0 unspecified atom stereocenters. The van der Waals surface area contributed by atoms with Crippen LogP contribution in [-0.4, -0.2) is 17.9 Å². The third kappa shape index (κ3) is 4.92. The molecule has 2 rings (SSSR count). The quantitative estimate of drug-likeness (QED) is 0.838. The smallest absolute Gasteiger partial charge is 0.252 e. The fourth-order valence-corrected chi connectivity index (χ4v) is 2.63. The van der Waals surface area contributed by atoms with Crippen molar-refractivity contribution in [2.24, 2.45) is 5.92 Å². The van der Waals surface area contributed by atoms with Crippen molar-refractivity contribution in [1.82, 2.24) is 5.32 Å². The van der Waals surface area contributed by atoms with E-state index in [2.05, 4.69) is 17.6 Å². The average Bonchev–Trinajstić information content (AvgIpc) is 2.60. The summed E-state index contributed by atoms with van der Waals surface area (Å²) >= 11 is 0. The zero-order valence-electron chi connectivity index (χ0n) is 15.3. The normalized spacial score (nSPS) is 11.9. The number of nitrogens with one attached hydrogen (secondary N) is 2. The molecule has 25 heavy (non-hydrogen) atoms. The van der Waals surface area contributed by atoms with Gasteiger partial charge in [0.1, 0.15) is 6.04 Å². The maximum absolute atomic E-state index is 12.6. The van der Waals surface area contributed by atoms with Gasteiger partial charge in [-0.3, -0.25) is 9.59 Å². The van der Waals surface area contributed by atoms with E-state index in [4.69, 9.17) is 0 Å². The highest BCUT2D eigenvalue weighted by molar-refractivity contribution is 6.01. The predicted octanol–water partition coefficient (Wildman–Crippen LogP) is 3.95. The summed E-state index contributed by atoms with van der Waals surface area (Å²) in [6.07, 6.45) is 0.954. The molecule has 1 atom stereocenters. The number of rotatable bonds is 6. The van der Waals surface area contributed by atoms with Crippen molar-refractivity contribution >= 4 is 17.5 Å². The van der Waals surface area contributed by atoms with Crippen LogP contribution in [0.3, 0.4) is 0 Å². The molecule has 0 bridgehead atoms. The van der Waals surface area contributed by atoms with E-state index in [0.29, 0.717) is 5.56 Å². The van der Waals surface area contributed by atoms with Crippen LogP contribution < -0.4 is 10.6 Å². The molecule has 4 nitrogen and oxygen atoms in total. The predicted molar refractivity (Wildman–Crippen MR) is 102 cm³/mol. The first-order chi connectivity index (χ1) is 11.9. The first-order valence-electron chi connectivity index (χ1n) is 8.68. The molecule has 0 heterocycles. The third-order valence-corrected chi connectivity index (χ3v) is 4.26. The minimum absolute atomic E-state index is 0.0251. The van der Waals surface area contributed by atoms with E-state index in [9.17, 15) is 9.59 Å². The minimum atomic E-state index is -0.599. The molecular weight excluding hydrogens is 312 g/mol. The fraction of sp³-hybridized carbons (Fsp3) is 0.333. The summed E-state index contributed by atoms with van der Waals surface area (Å²) in [5, 5.41) is 5.76. The molecule has 0 spiro atoms. The van der Waals surface area contributed by atoms with E-state index < -0.39 is 6.04 Å². The highest BCUT2D eigenvalue weighted by Gasteiger charge is 2.25. The number of benzene rings is 2. The number of hydrogen-bond acceptors (Lipinski definition) is 2. The molecular formula is C21H26N2O2. The highest BCUT2D eigenvalue weighted by Crippen LogP contribution is 2.13. The van der Waals surface area contributed by atoms with Crippen LogP contribution in [0.5, 0.6) is 0 Å². The molecule has 2 N–H and O–H groups in total. The van der Waals surface area contributed by atoms with Crippen molar-refractivity contribution < 1.29 is 9.59 Å². The first-order valence-corrected chi connectivity index (χ1v) is 8.68. The molecule has 4 heteroatoms. The lowest BCUT2D eigenvalue weighted by Crippen LogP contribution is -2.47. The summed E-state index contributed by atoms with van der Waals surface area (Å²) in [4.78, 5) is 25.2. The molecule has 0 saturated heterocycles. The number of hydrogen-bond donors (Lipinski definition) is 2. The van der Waals surface area contributed by atoms with Crippen LogP contribution in [-0.2, 0) is 11.2 Å². The van der Waals surface area contributed by atoms with Gasteiger partial charge < -0.3 is 10.6 Å². The Morgan fingerprint density at radius 1 is 1.00 bits per heavy atom. The summed E-state index contributed by atoms with van der Waals surface area (Å²) in [5.41, 5.74) is 3.43. The summed E-state index contributed by atoms with van der Waals surface area (Å²) in [6.45, 7) is 7.81. The molecule has 0 fully saturated rings. The molecule has 0 radical (unpaired) electrons. The van der Waals surface area contributed by atoms with Gasteiger partial charge >= 0.3 is 0 Å².